The normalized spacial score (nSPS) is 12.4. The van der Waals surface area contributed by atoms with Gasteiger partial charge in [-0.15, -0.1) is 0 Å². The van der Waals surface area contributed by atoms with Gasteiger partial charge in [0.2, 0.25) is 0 Å². The average Bonchev–Trinajstić information content (AvgIpc) is 3.12. The Kier molecular flexibility index (Phi) is 12.5. The number of hydrogen-bond donors (Lipinski definition) is 0. The van der Waals surface area contributed by atoms with Crippen LogP contribution >= 0.6 is 25.4 Å². The van der Waals surface area contributed by atoms with Gasteiger partial charge in [-0.05, 0) is 67.6 Å². The van der Waals surface area contributed by atoms with Crippen LogP contribution in [0.15, 0.2) is 158 Å². The van der Waals surface area contributed by atoms with E-state index >= 15 is 0 Å². The van der Waals surface area contributed by atoms with Gasteiger partial charge in [-0.2, -0.15) is 0 Å². The molecule has 0 N–H and O–H groups in total. The second-order valence-corrected chi connectivity index (χ2v) is 16.3. The van der Waals surface area contributed by atoms with Crippen LogP contribution in [0.2, 0.25) is 0 Å². The van der Waals surface area contributed by atoms with Gasteiger partial charge in [0.15, 0.2) is 11.5 Å². The van der Waals surface area contributed by atoms with Crippen LogP contribution in [0.3, 0.4) is 0 Å². The van der Waals surface area contributed by atoms with Crippen LogP contribution in [0.1, 0.15) is 25.0 Å². The van der Waals surface area contributed by atoms with E-state index in [4.69, 9.17) is 4.74 Å². The van der Waals surface area contributed by atoms with Crippen molar-refractivity contribution in [2.75, 3.05) is 0 Å². The molecule has 0 atom stereocenters. The number of benzene rings is 6. The summed E-state index contributed by atoms with van der Waals surface area (Å²) in [6, 6.07) is 57.5. The quantitative estimate of drug-likeness (QED) is 0.0935. The predicted molar refractivity (Wildman–Crippen MR) is 198 cm³/mol. The molecule has 6 aromatic rings. The molecule has 1 aliphatic heterocycles. The fourth-order valence-electron chi connectivity index (χ4n) is 6.29. The number of hydrogen-bond acceptors (Lipinski definition) is 1. The number of fused-ring (bicyclic) bond motifs is 2. The average molecular weight is 774 g/mol. The molecule has 240 valence electrons. The van der Waals surface area contributed by atoms with Crippen molar-refractivity contribution < 1.29 is 31.7 Å². The maximum absolute atomic E-state index is 9.50. The van der Waals surface area contributed by atoms with Gasteiger partial charge in [-0.1, -0.05) is 111 Å². The summed E-state index contributed by atoms with van der Waals surface area (Å²) in [6.45, 7) is 3.71. The minimum atomic E-state index is -1.32. The molecule has 0 amide bonds. The number of para-hydroxylation sites is 2. The molecule has 0 spiro atoms. The Hall–Kier alpha value is -3.21. The first-order valence-electron chi connectivity index (χ1n) is 15.1. The van der Waals surface area contributed by atoms with E-state index in [1.807, 2.05) is 0 Å². The molecule has 7 rings (SSSR count). The Morgan fingerprint density at radius 3 is 1.04 bits per heavy atom. The van der Waals surface area contributed by atoms with E-state index < -0.39 is 22.8 Å². The molecule has 0 radical (unpaired) electrons. The number of rotatable bonds is 6. The first-order chi connectivity index (χ1) is 23.0. The Balaban J connectivity index is 0.000000822. The summed E-state index contributed by atoms with van der Waals surface area (Å²) in [4.78, 5) is 0. The molecule has 0 fully saturated rings. The molecule has 1 aliphatic rings. The third kappa shape index (κ3) is 7.60. The molecule has 0 saturated heterocycles. The molecule has 0 unspecified atom stereocenters. The van der Waals surface area contributed by atoms with E-state index in [9.17, 15) is 8.78 Å². The van der Waals surface area contributed by atoms with Crippen LogP contribution in [0.5, 0.6) is 11.5 Å². The summed E-state index contributed by atoms with van der Waals surface area (Å²) >= 11 is 2.22. The van der Waals surface area contributed by atoms with Crippen molar-refractivity contribution in [2.24, 2.45) is 0 Å². The topological polar surface area (TPSA) is 9.23 Å². The summed E-state index contributed by atoms with van der Waals surface area (Å²) in [6.07, 6.45) is 0. The van der Waals surface area contributed by atoms with E-state index in [1.165, 1.54) is 43.0 Å². The molecule has 1 nitrogen and oxygen atoms in total. The van der Waals surface area contributed by atoms with Crippen LogP contribution < -0.4 is 36.6 Å². The van der Waals surface area contributed by atoms with Gasteiger partial charge in [-0.3, -0.25) is 0 Å². The van der Waals surface area contributed by atoms with Gasteiger partial charge < -0.3 is 13.5 Å². The maximum atomic E-state index is 9.50. The van der Waals surface area contributed by atoms with E-state index in [-0.39, 0.29) is 5.41 Å². The summed E-state index contributed by atoms with van der Waals surface area (Å²) in [5.41, 5.74) is 2.30. The monoisotopic (exact) mass is 772 g/mol. The zero-order valence-corrected chi connectivity index (χ0v) is 30.3. The number of ether oxygens (including phenoxy) is 1. The van der Waals surface area contributed by atoms with Crippen LogP contribution in [0.25, 0.3) is 0 Å². The van der Waals surface area contributed by atoms with Crippen molar-refractivity contribution in [3.63, 3.8) is 0 Å². The van der Waals surface area contributed by atoms with Crippen molar-refractivity contribution in [1.82, 2.24) is 0 Å². The zero-order chi connectivity index (χ0) is 33.2. The second-order valence-electron chi connectivity index (χ2n) is 11.4. The predicted octanol–water partition coefficient (Wildman–Crippen LogP) is 8.83. The first-order valence-corrected chi connectivity index (χ1v) is 20.1. The molecule has 7 heteroatoms. The van der Waals surface area contributed by atoms with Crippen LogP contribution in [-0.2, 0) is 23.6 Å². The van der Waals surface area contributed by atoms with Crippen molar-refractivity contribution in [3.05, 3.63) is 176 Å². The van der Waals surface area contributed by atoms with Gasteiger partial charge in [0, 0.05) is 16.5 Å². The van der Waals surface area contributed by atoms with Crippen LogP contribution in [-0.4, -0.2) is 0 Å². The van der Waals surface area contributed by atoms with Gasteiger partial charge in [-0.25, -0.2) is 0 Å². The molecule has 47 heavy (non-hydrogen) atoms. The van der Waals surface area contributed by atoms with Gasteiger partial charge in [0.05, 0.1) is 0 Å². The van der Waals surface area contributed by atoms with Crippen molar-refractivity contribution in [3.8, 4) is 11.5 Å². The Bertz CT molecular complexity index is 1650. The molecule has 1 heterocycles. The summed E-state index contributed by atoms with van der Waals surface area (Å²) in [7, 11) is 1.85. The Morgan fingerprint density at radius 1 is 0.489 bits per heavy atom. The molecule has 0 aromatic heterocycles. The van der Waals surface area contributed by atoms with Crippen LogP contribution in [0, 0.1) is 6.93 Å². The fraction of sp³-hybridized carbons (Fsp3) is 0.0750. The van der Waals surface area contributed by atoms with Crippen molar-refractivity contribution >= 4 is 57.2 Å². The molecular weight excluding hydrogens is 738 g/mol. The summed E-state index contributed by atoms with van der Waals surface area (Å²) in [5.74, 6) is 2.07. The van der Waals surface area contributed by atoms with E-state index in [0.29, 0.717) is 0 Å². The summed E-state index contributed by atoms with van der Waals surface area (Å²) < 4.78 is 26.3. The summed E-state index contributed by atoms with van der Waals surface area (Å²) in [5, 5.41) is 8.05. The molecule has 0 bridgehead atoms. The third-order valence-corrected chi connectivity index (χ3v) is 13.9. The Labute approximate surface area is 293 Å². The van der Waals surface area contributed by atoms with Crippen LogP contribution in [0.4, 0.5) is 8.78 Å². The Morgan fingerprint density at radius 2 is 0.766 bits per heavy atom. The SMILES string of the molecule is CC1(C)c2cccc([PH+](c3ccccc3)c3ccccc3)c2Oc2c([PH+](c3ccccc3)c3ccccc3)cccc21.F[CH-]F.[Cl][Pd+]. The number of halogens is 3. The molecule has 0 aliphatic carbocycles. The van der Waals surface area contributed by atoms with Gasteiger partial charge in [0.25, 0.3) is 0 Å². The molecular formula is C40H35ClF2OP2Pd+2. The zero-order valence-electron chi connectivity index (χ0n) is 25.9. The van der Waals surface area contributed by atoms with Crippen molar-refractivity contribution in [1.29, 1.82) is 0 Å². The van der Waals surface area contributed by atoms with E-state index in [2.05, 4.69) is 199 Å². The third-order valence-electron chi connectivity index (χ3n) is 8.37. The second kappa shape index (κ2) is 16.8. The molecule has 6 aromatic carbocycles. The van der Waals surface area contributed by atoms with Crippen molar-refractivity contribution in [2.45, 2.75) is 19.3 Å². The minimum absolute atomic E-state index is 0.213. The van der Waals surface area contributed by atoms with Gasteiger partial charge >= 0.3 is 27.7 Å². The first kappa shape index (κ1) is 35.1. The van der Waals surface area contributed by atoms with E-state index in [1.54, 1.807) is 0 Å². The fourth-order valence-corrected chi connectivity index (χ4v) is 11.7. The van der Waals surface area contributed by atoms with Gasteiger partial charge in [0.1, 0.15) is 47.7 Å². The van der Waals surface area contributed by atoms with E-state index in [0.717, 1.165) is 11.5 Å². The standard InChI is InChI=1S/C39H32OP2.CHF2.ClH.Pd/c1-39(2)33-25-15-27-35(41(29-17-7-3-8-18-29)30-19-9-4-10-20-30)37(33)40-38-34(39)26-16-28-36(38)42(31-21-11-5-12-22-31)32-23-13-6-14-24-32;2-1-3;;/h3-28H,1-2H3;1H;1H;/q;-1;;+2/p+1. The molecule has 0 saturated carbocycles.